The molecule has 0 saturated carbocycles. The smallest absolute Gasteiger partial charge is 0.314 e. The van der Waals surface area contributed by atoms with Crippen LogP contribution in [0.25, 0.3) is 0 Å². The quantitative estimate of drug-likeness (QED) is 0.574. The third-order valence-electron chi connectivity index (χ3n) is 3.45. The highest BCUT2D eigenvalue weighted by molar-refractivity contribution is 5.74. The maximum Gasteiger partial charge on any atom is 0.314 e. The van der Waals surface area contributed by atoms with Gasteiger partial charge in [-0.05, 0) is 39.2 Å². The SMILES string of the molecule is CC(C)C[C@H](CNC(=O)NCCN(C)C(C)C)CC(=O)O. The molecular weight excluding hydrogens is 270 g/mol. The van der Waals surface area contributed by atoms with Gasteiger partial charge in [0.15, 0.2) is 0 Å². The summed E-state index contributed by atoms with van der Waals surface area (Å²) in [4.78, 5) is 24.6. The van der Waals surface area contributed by atoms with E-state index in [9.17, 15) is 9.59 Å². The number of carboxylic acid groups (broad SMARTS) is 1. The molecule has 3 N–H and O–H groups in total. The summed E-state index contributed by atoms with van der Waals surface area (Å²) in [5.74, 6) is -0.424. The molecular formula is C15H31N3O3. The minimum Gasteiger partial charge on any atom is -0.481 e. The van der Waals surface area contributed by atoms with E-state index in [2.05, 4.69) is 43.2 Å². The highest BCUT2D eigenvalue weighted by atomic mass is 16.4. The average Bonchev–Trinajstić information content (AvgIpc) is 2.34. The van der Waals surface area contributed by atoms with Crippen LogP contribution in [0.2, 0.25) is 0 Å². The maximum atomic E-state index is 11.7. The van der Waals surface area contributed by atoms with E-state index < -0.39 is 5.97 Å². The lowest BCUT2D eigenvalue weighted by molar-refractivity contribution is -0.138. The number of rotatable bonds is 10. The minimum absolute atomic E-state index is 0.0217. The zero-order valence-electron chi connectivity index (χ0n) is 14.0. The van der Waals surface area contributed by atoms with E-state index in [0.29, 0.717) is 25.0 Å². The van der Waals surface area contributed by atoms with E-state index >= 15 is 0 Å². The molecule has 0 fully saturated rings. The number of carboxylic acids is 1. The van der Waals surface area contributed by atoms with Gasteiger partial charge >= 0.3 is 12.0 Å². The second kappa shape index (κ2) is 10.4. The molecule has 0 aromatic heterocycles. The first kappa shape index (κ1) is 19.7. The average molecular weight is 301 g/mol. The molecule has 0 radical (unpaired) electrons. The lowest BCUT2D eigenvalue weighted by Crippen LogP contribution is -2.42. The van der Waals surface area contributed by atoms with E-state index in [4.69, 9.17) is 5.11 Å². The first-order valence-corrected chi connectivity index (χ1v) is 7.66. The van der Waals surface area contributed by atoms with Crippen LogP contribution in [-0.4, -0.2) is 54.7 Å². The zero-order chi connectivity index (χ0) is 16.4. The zero-order valence-corrected chi connectivity index (χ0v) is 14.0. The van der Waals surface area contributed by atoms with Crippen molar-refractivity contribution in [1.82, 2.24) is 15.5 Å². The molecule has 21 heavy (non-hydrogen) atoms. The van der Waals surface area contributed by atoms with Crippen LogP contribution in [0.4, 0.5) is 4.79 Å². The number of carbonyl (C=O) groups is 2. The van der Waals surface area contributed by atoms with E-state index in [-0.39, 0.29) is 18.4 Å². The largest absolute Gasteiger partial charge is 0.481 e. The number of nitrogens with one attached hydrogen (secondary N) is 2. The Balaban J connectivity index is 3.98. The van der Waals surface area contributed by atoms with Crippen LogP contribution in [-0.2, 0) is 4.79 Å². The summed E-state index contributed by atoms with van der Waals surface area (Å²) in [7, 11) is 2.01. The Bertz CT molecular complexity index is 319. The van der Waals surface area contributed by atoms with Gasteiger partial charge in [-0.3, -0.25) is 4.79 Å². The van der Waals surface area contributed by atoms with E-state index in [1.165, 1.54) is 0 Å². The van der Waals surface area contributed by atoms with Gasteiger partial charge < -0.3 is 20.6 Å². The Morgan fingerprint density at radius 3 is 2.24 bits per heavy atom. The van der Waals surface area contributed by atoms with Gasteiger partial charge in [-0.25, -0.2) is 4.79 Å². The summed E-state index contributed by atoms with van der Waals surface area (Å²) in [6.45, 7) is 10.1. The second-order valence-electron chi connectivity index (χ2n) is 6.30. The molecule has 0 spiro atoms. The Morgan fingerprint density at radius 1 is 1.14 bits per heavy atom. The fourth-order valence-electron chi connectivity index (χ4n) is 2.06. The minimum atomic E-state index is -0.818. The summed E-state index contributed by atoms with van der Waals surface area (Å²) in [5.41, 5.74) is 0. The third-order valence-corrected chi connectivity index (χ3v) is 3.45. The van der Waals surface area contributed by atoms with Gasteiger partial charge in [0, 0.05) is 32.1 Å². The summed E-state index contributed by atoms with van der Waals surface area (Å²) in [6.07, 6.45) is 0.886. The van der Waals surface area contributed by atoms with E-state index in [0.717, 1.165) is 13.0 Å². The normalized spacial score (nSPS) is 12.8. The number of hydrogen-bond acceptors (Lipinski definition) is 3. The van der Waals surface area contributed by atoms with Crippen molar-refractivity contribution in [2.75, 3.05) is 26.7 Å². The van der Waals surface area contributed by atoms with Gasteiger partial charge in [0.1, 0.15) is 0 Å². The van der Waals surface area contributed by atoms with Crippen molar-refractivity contribution in [3.63, 3.8) is 0 Å². The molecule has 6 heteroatoms. The van der Waals surface area contributed by atoms with E-state index in [1.807, 2.05) is 7.05 Å². The number of amides is 2. The summed E-state index contributed by atoms with van der Waals surface area (Å²) >= 11 is 0. The standard InChI is InChI=1S/C15H31N3O3/c1-11(2)8-13(9-14(19)20)10-17-15(21)16-6-7-18(5)12(3)4/h11-13H,6-10H2,1-5H3,(H,19,20)(H2,16,17,21)/t13-/m0/s1. The summed E-state index contributed by atoms with van der Waals surface area (Å²) < 4.78 is 0. The van der Waals surface area contributed by atoms with Crippen LogP contribution in [0.1, 0.15) is 40.5 Å². The van der Waals surface area contributed by atoms with Crippen LogP contribution < -0.4 is 10.6 Å². The monoisotopic (exact) mass is 301 g/mol. The van der Waals surface area contributed by atoms with Crippen molar-refractivity contribution >= 4 is 12.0 Å². The molecule has 124 valence electrons. The molecule has 0 rings (SSSR count). The van der Waals surface area contributed by atoms with Gasteiger partial charge in [-0.2, -0.15) is 0 Å². The number of urea groups is 1. The summed E-state index contributed by atoms with van der Waals surface area (Å²) in [6, 6.07) is 0.215. The van der Waals surface area contributed by atoms with Gasteiger partial charge in [-0.1, -0.05) is 13.8 Å². The molecule has 0 aliphatic carbocycles. The van der Waals surface area contributed by atoms with Crippen molar-refractivity contribution in [1.29, 1.82) is 0 Å². The Kier molecular flexibility index (Phi) is 9.78. The van der Waals surface area contributed by atoms with Crippen LogP contribution >= 0.6 is 0 Å². The highest BCUT2D eigenvalue weighted by Crippen LogP contribution is 2.14. The van der Waals surface area contributed by atoms with Gasteiger partial charge in [0.05, 0.1) is 0 Å². The fourth-order valence-corrected chi connectivity index (χ4v) is 2.06. The molecule has 6 nitrogen and oxygen atoms in total. The van der Waals surface area contributed by atoms with Crippen LogP contribution in [0.15, 0.2) is 0 Å². The molecule has 0 saturated heterocycles. The Morgan fingerprint density at radius 2 is 1.76 bits per heavy atom. The number of nitrogens with zero attached hydrogens (tertiary/aromatic N) is 1. The maximum absolute atomic E-state index is 11.7. The van der Waals surface area contributed by atoms with Crippen molar-refractivity contribution < 1.29 is 14.7 Å². The van der Waals surface area contributed by atoms with Crippen molar-refractivity contribution in [3.05, 3.63) is 0 Å². The molecule has 2 amide bonds. The molecule has 0 aromatic carbocycles. The van der Waals surface area contributed by atoms with E-state index in [1.54, 1.807) is 0 Å². The lowest BCUT2D eigenvalue weighted by Gasteiger charge is -2.21. The van der Waals surface area contributed by atoms with Gasteiger partial charge in [-0.15, -0.1) is 0 Å². The third kappa shape index (κ3) is 11.1. The first-order valence-electron chi connectivity index (χ1n) is 7.66. The predicted octanol–water partition coefficient (Wildman–Crippen LogP) is 1.76. The molecule has 0 aromatic rings. The van der Waals surface area contributed by atoms with Crippen molar-refractivity contribution in [2.24, 2.45) is 11.8 Å². The van der Waals surface area contributed by atoms with Crippen LogP contribution in [0.3, 0.4) is 0 Å². The molecule has 0 aliphatic rings. The predicted molar refractivity (Wildman–Crippen MR) is 84.4 cm³/mol. The van der Waals surface area contributed by atoms with Crippen LogP contribution in [0.5, 0.6) is 0 Å². The van der Waals surface area contributed by atoms with Gasteiger partial charge in [0.2, 0.25) is 0 Å². The number of likely N-dealkylation sites (N-methyl/N-ethyl adjacent to an activating group) is 1. The number of carbonyl (C=O) groups excluding carboxylic acids is 1. The summed E-state index contributed by atoms with van der Waals surface area (Å²) in [5, 5.41) is 14.4. The van der Waals surface area contributed by atoms with Crippen molar-refractivity contribution in [2.45, 2.75) is 46.6 Å². The lowest BCUT2D eigenvalue weighted by atomic mass is 9.94. The molecule has 0 unspecified atom stereocenters. The highest BCUT2D eigenvalue weighted by Gasteiger charge is 2.16. The van der Waals surface area contributed by atoms with Gasteiger partial charge in [0.25, 0.3) is 0 Å². The van der Waals surface area contributed by atoms with Crippen LogP contribution in [0, 0.1) is 11.8 Å². The number of aliphatic carboxylic acids is 1. The van der Waals surface area contributed by atoms with Crippen molar-refractivity contribution in [3.8, 4) is 0 Å². The fraction of sp³-hybridized carbons (Fsp3) is 0.867. The molecule has 0 heterocycles. The molecule has 1 atom stereocenters. The molecule has 0 bridgehead atoms. The molecule has 0 aliphatic heterocycles. The Labute approximate surface area is 128 Å². The first-order chi connectivity index (χ1) is 9.72. The topological polar surface area (TPSA) is 81.7 Å². The Hall–Kier alpha value is -1.30. The second-order valence-corrected chi connectivity index (χ2v) is 6.30. The number of hydrogen-bond donors (Lipinski definition) is 3.